The third-order valence-corrected chi connectivity index (χ3v) is 14.9. The first-order valence-corrected chi connectivity index (χ1v) is 27.3. The molecule has 8 unspecified atom stereocenters. The average molecular weight is 1090 g/mol. The summed E-state index contributed by atoms with van der Waals surface area (Å²) in [7, 11) is 0. The third kappa shape index (κ3) is 18.8. The van der Waals surface area contributed by atoms with Crippen LogP contribution in [0.15, 0.2) is 24.3 Å². The van der Waals surface area contributed by atoms with Crippen molar-refractivity contribution in [3.63, 3.8) is 0 Å². The predicted octanol–water partition coefficient (Wildman–Crippen LogP) is -3.31. The summed E-state index contributed by atoms with van der Waals surface area (Å²) in [5.41, 5.74) is 11.5. The molecule has 0 aromatic heterocycles. The molecular weight excluding hydrogens is 1000 g/mol. The minimum atomic E-state index is -2.28. The Morgan fingerprint density at radius 2 is 1.34 bits per heavy atom. The summed E-state index contributed by atoms with van der Waals surface area (Å²) in [5.74, 6) is -6.43. The van der Waals surface area contributed by atoms with Gasteiger partial charge in [-0.25, -0.2) is 0 Å². The molecule has 0 spiro atoms. The Hall–Kier alpha value is -5.09. The second-order valence-corrected chi connectivity index (χ2v) is 21.3. The first-order chi connectivity index (χ1) is 36.5. The molecule has 3 aliphatic rings. The monoisotopic (exact) mass is 1090 g/mol. The SMILES string of the molecule is CCC(C)CC(C)CCCCCCCCC(=O)NC1C[C@@H](O)[C@@H](NCCN)NC(=O)C2[C@@H](O)CCN2C(=O)C([C@H](O)CCN)NC(=O)C([C@H](O)[C@@H](O)c2ccc(O)cc2)NC(=O)C2C[C@@H](O)CN2C(=O)C([C@@H](C)O)NC1=O. The van der Waals surface area contributed by atoms with Crippen LogP contribution in [0.5, 0.6) is 5.75 Å². The van der Waals surface area contributed by atoms with Crippen LogP contribution in [0.4, 0.5) is 0 Å². The normalized spacial score (nSPS) is 28.6. The Morgan fingerprint density at radius 3 is 1.97 bits per heavy atom. The minimum Gasteiger partial charge on any atom is -0.508 e. The maximum absolute atomic E-state index is 14.6. The van der Waals surface area contributed by atoms with Crippen LogP contribution < -0.4 is 43.4 Å². The van der Waals surface area contributed by atoms with E-state index >= 15 is 0 Å². The molecule has 77 heavy (non-hydrogen) atoms. The number of unbranched alkanes of at least 4 members (excludes halogenated alkanes) is 5. The van der Waals surface area contributed by atoms with Gasteiger partial charge in [0.05, 0.1) is 30.5 Å². The number of aliphatic hydroxyl groups excluding tert-OH is 7. The molecule has 0 bridgehead atoms. The van der Waals surface area contributed by atoms with Gasteiger partial charge in [-0.3, -0.25) is 38.9 Å². The molecule has 3 fully saturated rings. The van der Waals surface area contributed by atoms with Gasteiger partial charge in [-0.1, -0.05) is 77.8 Å². The number of benzene rings is 1. The summed E-state index contributed by atoms with van der Waals surface area (Å²) in [4.78, 5) is 102. The molecule has 0 saturated carbocycles. The standard InChI is InChI=1S/C52H88N10O15/c1-5-28(2)24-29(3)12-10-8-6-7-9-11-13-39(69)56-34-26-38(68)46(55-22-21-54)60-50(75)43-37(67)19-23-61(43)52(77)41(36(66)18-20-53)58-49(74)42(45(71)44(70)31-14-16-32(64)17-15-31)59-48(73)35-25-33(65)27-62(35)51(76)40(30(4)63)57-47(34)72/h14-17,28-30,33-38,40-46,55,63-68,70-71H,5-13,18-27,53-54H2,1-4H3,(H,56,69)(H,57,72)(H,58,74)(H,59,73)(H,60,75)/t28?,29?,30-,33-,34?,35?,36-,37+,38-,40?,41?,42?,43?,44+,45+,46+/m1/s1. The molecule has 436 valence electrons. The average Bonchev–Trinajstić information content (AvgIpc) is 3.99. The van der Waals surface area contributed by atoms with Crippen molar-refractivity contribution < 1.29 is 74.4 Å². The maximum atomic E-state index is 14.6. The molecular formula is C52H88N10O15. The number of carbonyl (C=O) groups excluding carboxylic acids is 7. The molecule has 1 aromatic rings. The lowest BCUT2D eigenvalue weighted by Gasteiger charge is -2.35. The number of phenolic OH excluding ortho intramolecular Hbond substituents is 1. The van der Waals surface area contributed by atoms with Crippen LogP contribution in [-0.4, -0.2) is 204 Å². The van der Waals surface area contributed by atoms with E-state index in [4.69, 9.17) is 11.5 Å². The van der Waals surface area contributed by atoms with Gasteiger partial charge in [0.15, 0.2) is 0 Å². The van der Waals surface area contributed by atoms with Crippen LogP contribution in [0.2, 0.25) is 0 Å². The fourth-order valence-corrected chi connectivity index (χ4v) is 10.2. The molecule has 25 nitrogen and oxygen atoms in total. The Morgan fingerprint density at radius 1 is 0.714 bits per heavy atom. The number of phenols is 1. The van der Waals surface area contributed by atoms with Crippen molar-refractivity contribution in [1.82, 2.24) is 41.7 Å². The maximum Gasteiger partial charge on any atom is 0.248 e. The minimum absolute atomic E-state index is 0.0257. The van der Waals surface area contributed by atoms with Crippen molar-refractivity contribution in [2.75, 3.05) is 32.7 Å². The number of fused-ring (bicyclic) bond motifs is 2. The van der Waals surface area contributed by atoms with Gasteiger partial charge < -0.3 is 88.7 Å². The van der Waals surface area contributed by atoms with Crippen molar-refractivity contribution >= 4 is 41.4 Å². The van der Waals surface area contributed by atoms with E-state index in [1.165, 1.54) is 30.7 Å². The van der Waals surface area contributed by atoms with Crippen LogP contribution in [0.3, 0.4) is 0 Å². The quantitative estimate of drug-likeness (QED) is 0.0477. The molecule has 3 saturated heterocycles. The highest BCUT2D eigenvalue weighted by molar-refractivity contribution is 5.98. The highest BCUT2D eigenvalue weighted by Gasteiger charge is 2.49. The number of hydrogen-bond donors (Lipinski definition) is 16. The van der Waals surface area contributed by atoms with E-state index in [1.807, 2.05) is 0 Å². The highest BCUT2D eigenvalue weighted by atomic mass is 16.3. The fraction of sp³-hybridized carbons (Fsp3) is 0.750. The van der Waals surface area contributed by atoms with Gasteiger partial charge in [0.1, 0.15) is 60.4 Å². The Labute approximate surface area is 450 Å². The summed E-state index contributed by atoms with van der Waals surface area (Å²) < 4.78 is 0. The van der Waals surface area contributed by atoms with E-state index in [1.54, 1.807) is 0 Å². The molecule has 3 heterocycles. The van der Waals surface area contributed by atoms with E-state index in [0.29, 0.717) is 24.7 Å². The van der Waals surface area contributed by atoms with Gasteiger partial charge in [-0.15, -0.1) is 0 Å². The zero-order valence-corrected chi connectivity index (χ0v) is 45.0. The lowest BCUT2D eigenvalue weighted by Crippen LogP contribution is -2.65. The molecule has 25 heteroatoms. The number of nitrogens with zero attached hydrogens (tertiary/aromatic N) is 2. The van der Waals surface area contributed by atoms with Gasteiger partial charge in [-0.2, -0.15) is 0 Å². The molecule has 3 aliphatic heterocycles. The topological polar surface area (TPSA) is 412 Å². The van der Waals surface area contributed by atoms with Crippen LogP contribution in [0.25, 0.3) is 0 Å². The molecule has 7 amide bonds. The number of hydrogen-bond acceptors (Lipinski definition) is 18. The predicted molar refractivity (Wildman–Crippen MR) is 280 cm³/mol. The molecule has 18 N–H and O–H groups in total. The van der Waals surface area contributed by atoms with Gasteiger partial charge in [0, 0.05) is 45.4 Å². The number of carbonyl (C=O) groups is 7. The first kappa shape index (κ1) is 64.4. The van der Waals surface area contributed by atoms with Crippen LogP contribution in [0, 0.1) is 11.8 Å². The van der Waals surface area contributed by atoms with Crippen LogP contribution in [0.1, 0.15) is 129 Å². The van der Waals surface area contributed by atoms with E-state index < -0.39 is 146 Å². The van der Waals surface area contributed by atoms with Crippen LogP contribution >= 0.6 is 0 Å². The van der Waals surface area contributed by atoms with Gasteiger partial charge in [-0.05, 0) is 68.7 Å². The van der Waals surface area contributed by atoms with E-state index in [-0.39, 0.29) is 56.8 Å². The number of nitrogens with one attached hydrogen (secondary N) is 6. The number of aliphatic hydroxyl groups is 7. The van der Waals surface area contributed by atoms with Crippen LogP contribution in [-0.2, 0) is 33.6 Å². The van der Waals surface area contributed by atoms with Crippen molar-refractivity contribution in [1.29, 1.82) is 0 Å². The van der Waals surface area contributed by atoms with Gasteiger partial charge in [0.2, 0.25) is 41.4 Å². The number of aromatic hydroxyl groups is 1. The Balaban J connectivity index is 1.73. The van der Waals surface area contributed by atoms with Crippen molar-refractivity contribution in [2.45, 2.75) is 203 Å². The summed E-state index contributed by atoms with van der Waals surface area (Å²) in [5, 5.41) is 104. The van der Waals surface area contributed by atoms with E-state index in [0.717, 1.165) is 55.2 Å². The second-order valence-electron chi connectivity index (χ2n) is 21.3. The number of rotatable bonds is 23. The third-order valence-electron chi connectivity index (χ3n) is 14.9. The summed E-state index contributed by atoms with van der Waals surface area (Å²) in [6.07, 6.45) is -6.95. The number of nitrogens with two attached hydrogens (primary N) is 2. The smallest absolute Gasteiger partial charge is 0.248 e. The summed E-state index contributed by atoms with van der Waals surface area (Å²) in [6, 6.07) is -6.40. The zero-order valence-electron chi connectivity index (χ0n) is 45.0. The molecule has 0 radical (unpaired) electrons. The summed E-state index contributed by atoms with van der Waals surface area (Å²) in [6.45, 7) is 6.73. The van der Waals surface area contributed by atoms with Gasteiger partial charge >= 0.3 is 0 Å². The lowest BCUT2D eigenvalue weighted by atomic mass is 9.91. The largest absolute Gasteiger partial charge is 0.508 e. The van der Waals surface area contributed by atoms with Gasteiger partial charge in [0.25, 0.3) is 0 Å². The van der Waals surface area contributed by atoms with E-state index in [2.05, 4.69) is 52.7 Å². The second kappa shape index (κ2) is 31.5. The Bertz CT molecular complexity index is 2070. The van der Waals surface area contributed by atoms with Crippen molar-refractivity contribution in [3.05, 3.63) is 29.8 Å². The highest BCUT2D eigenvalue weighted by Crippen LogP contribution is 2.27. The lowest BCUT2D eigenvalue weighted by molar-refractivity contribution is -0.148. The number of amides is 7. The molecule has 16 atom stereocenters. The molecule has 4 rings (SSSR count). The zero-order chi connectivity index (χ0) is 57.1. The molecule has 0 aliphatic carbocycles. The van der Waals surface area contributed by atoms with E-state index in [9.17, 15) is 74.4 Å². The van der Waals surface area contributed by atoms with Crippen molar-refractivity contribution in [3.8, 4) is 5.75 Å². The van der Waals surface area contributed by atoms with Crippen molar-refractivity contribution in [2.24, 2.45) is 23.3 Å². The fourth-order valence-electron chi connectivity index (χ4n) is 10.2. The molecule has 1 aromatic carbocycles. The first-order valence-electron chi connectivity index (χ1n) is 27.3. The Kier molecular flexibility index (Phi) is 26.4. The summed E-state index contributed by atoms with van der Waals surface area (Å²) >= 11 is 0.